The molecule has 0 aliphatic carbocycles. The normalized spacial score (nSPS) is 16.8. The van der Waals surface area contributed by atoms with Crippen LogP contribution in [0.2, 0.25) is 0 Å². The van der Waals surface area contributed by atoms with Crippen molar-refractivity contribution in [3.8, 4) is 11.5 Å². The number of fused-ring (bicyclic) bond motifs is 1. The van der Waals surface area contributed by atoms with Gasteiger partial charge in [-0.3, -0.25) is 19.9 Å². The van der Waals surface area contributed by atoms with Gasteiger partial charge in [0.05, 0.1) is 23.6 Å². The predicted octanol–water partition coefficient (Wildman–Crippen LogP) is 3.47. The highest BCUT2D eigenvalue weighted by molar-refractivity contribution is 7.89. The number of hydrogen-bond acceptors (Lipinski definition) is 8. The molecule has 2 aliphatic rings. The van der Waals surface area contributed by atoms with E-state index in [9.17, 15) is 23.1 Å². The average Bonchev–Trinajstić information content (AvgIpc) is 3.50. The number of amides is 2. The van der Waals surface area contributed by atoms with Crippen molar-refractivity contribution in [3.05, 3.63) is 54.1 Å². The van der Waals surface area contributed by atoms with E-state index in [2.05, 4.69) is 5.43 Å². The second-order valence-corrected chi connectivity index (χ2v) is 15.8. The number of sulfonamides is 1. The van der Waals surface area contributed by atoms with Crippen LogP contribution in [0.4, 0.5) is 0 Å². The Morgan fingerprint density at radius 3 is 2.26 bits per heavy atom. The second kappa shape index (κ2) is 15.6. The molecule has 2 aliphatic heterocycles. The van der Waals surface area contributed by atoms with Gasteiger partial charge in [0.15, 0.2) is 11.5 Å². The summed E-state index contributed by atoms with van der Waals surface area (Å²) in [7, 11) is -4.10. The number of aliphatic hydroxyl groups excluding tert-OH is 1. The van der Waals surface area contributed by atoms with Crippen LogP contribution in [0.3, 0.4) is 0 Å². The quantitative estimate of drug-likeness (QED) is 0.313. The van der Waals surface area contributed by atoms with Gasteiger partial charge in [0, 0.05) is 25.6 Å². The lowest BCUT2D eigenvalue weighted by molar-refractivity contribution is -0.149. The number of ether oxygens (including phenoxy) is 2. The van der Waals surface area contributed by atoms with Crippen LogP contribution in [-0.4, -0.2) is 97.6 Å². The third-order valence-electron chi connectivity index (χ3n) is 7.94. The number of hydrazine groups is 1. The molecule has 2 aromatic carbocycles. The van der Waals surface area contributed by atoms with E-state index < -0.39 is 27.6 Å². The number of nitrogens with zero attached hydrogens (tertiary/aromatic N) is 3. The Labute approximate surface area is 273 Å². The van der Waals surface area contributed by atoms with E-state index in [-0.39, 0.29) is 55.1 Å². The van der Waals surface area contributed by atoms with Crippen LogP contribution in [-0.2, 0) is 26.0 Å². The van der Waals surface area contributed by atoms with Gasteiger partial charge < -0.3 is 14.6 Å². The third kappa shape index (κ3) is 9.90. The van der Waals surface area contributed by atoms with Gasteiger partial charge in [-0.05, 0) is 61.4 Å². The van der Waals surface area contributed by atoms with E-state index in [1.165, 1.54) is 21.4 Å². The minimum atomic E-state index is -4.10. The van der Waals surface area contributed by atoms with Gasteiger partial charge in [-0.1, -0.05) is 65.0 Å². The number of likely N-dealkylation sites (tertiary alicyclic amines) is 1. The van der Waals surface area contributed by atoms with Crippen molar-refractivity contribution in [2.45, 2.75) is 77.3 Å². The first kappa shape index (κ1) is 35.7. The molecule has 4 rings (SSSR count). The van der Waals surface area contributed by atoms with Crippen molar-refractivity contribution >= 4 is 21.8 Å². The van der Waals surface area contributed by atoms with E-state index in [1.807, 2.05) is 69.9 Å². The Kier molecular flexibility index (Phi) is 12.1. The van der Waals surface area contributed by atoms with Crippen LogP contribution in [0.1, 0.15) is 59.4 Å². The zero-order valence-corrected chi connectivity index (χ0v) is 28.6. The van der Waals surface area contributed by atoms with Crippen molar-refractivity contribution < 1.29 is 32.6 Å². The van der Waals surface area contributed by atoms with Crippen molar-refractivity contribution in [2.24, 2.45) is 11.3 Å². The van der Waals surface area contributed by atoms with Gasteiger partial charge in [-0.2, -0.15) is 4.31 Å². The maximum Gasteiger partial charge on any atom is 0.252 e. The summed E-state index contributed by atoms with van der Waals surface area (Å²) in [5.74, 6) is 0.0514. The first-order chi connectivity index (χ1) is 21.7. The molecule has 0 bridgehead atoms. The number of benzene rings is 2. The maximum atomic E-state index is 14.1. The number of carbonyl (C=O) groups is 2. The number of carbonyl (C=O) groups excluding carboxylic acids is 2. The fourth-order valence-electron chi connectivity index (χ4n) is 5.78. The Morgan fingerprint density at radius 1 is 0.978 bits per heavy atom. The van der Waals surface area contributed by atoms with Crippen LogP contribution in [0.5, 0.6) is 11.5 Å². The summed E-state index contributed by atoms with van der Waals surface area (Å²) < 4.78 is 40.7. The lowest BCUT2D eigenvalue weighted by Crippen LogP contribution is -2.60. The van der Waals surface area contributed by atoms with Gasteiger partial charge in [-0.15, -0.1) is 0 Å². The van der Waals surface area contributed by atoms with Gasteiger partial charge >= 0.3 is 0 Å². The fourth-order valence-corrected chi connectivity index (χ4v) is 7.42. The standard InChI is InChI=1S/C34H50N4O7S/c1-25(2)22-37(46(42,43)27-13-14-30-31(20-27)45-18-17-44-30)23-29(39)28(19-26-11-7-6-8-12-26)38(33(41)21-34(3,4)5)35-32(40)24-36-15-9-10-16-36/h6-8,11-14,20,25,28-29,39H,9-10,15-19,21-24H2,1-5H3,(H,35,40)/t28-,29+/m0/s1. The summed E-state index contributed by atoms with van der Waals surface area (Å²) in [4.78, 5) is 29.3. The van der Waals surface area contributed by atoms with Gasteiger partial charge in [0.2, 0.25) is 15.9 Å². The van der Waals surface area contributed by atoms with E-state index in [0.717, 1.165) is 31.5 Å². The Bertz CT molecular complexity index is 1420. The minimum Gasteiger partial charge on any atom is -0.486 e. The highest BCUT2D eigenvalue weighted by Crippen LogP contribution is 2.33. The molecule has 0 aromatic heterocycles. The molecule has 2 atom stereocenters. The van der Waals surface area contributed by atoms with E-state index >= 15 is 0 Å². The molecular weight excluding hydrogens is 608 g/mol. The maximum absolute atomic E-state index is 14.1. The smallest absolute Gasteiger partial charge is 0.252 e. The monoisotopic (exact) mass is 658 g/mol. The van der Waals surface area contributed by atoms with Crippen LogP contribution >= 0.6 is 0 Å². The van der Waals surface area contributed by atoms with Crippen molar-refractivity contribution in [3.63, 3.8) is 0 Å². The van der Waals surface area contributed by atoms with Crippen molar-refractivity contribution in [1.29, 1.82) is 0 Å². The highest BCUT2D eigenvalue weighted by atomic mass is 32.2. The molecule has 2 heterocycles. The first-order valence-corrected chi connectivity index (χ1v) is 17.6. The molecule has 1 fully saturated rings. The molecular formula is C34H50N4O7S. The first-order valence-electron chi connectivity index (χ1n) is 16.2. The molecule has 0 spiro atoms. The van der Waals surface area contributed by atoms with E-state index in [0.29, 0.717) is 24.7 Å². The number of nitrogens with one attached hydrogen (secondary N) is 1. The van der Waals surface area contributed by atoms with Crippen LogP contribution in [0.15, 0.2) is 53.4 Å². The molecule has 0 saturated carbocycles. The Morgan fingerprint density at radius 2 is 1.63 bits per heavy atom. The van der Waals surface area contributed by atoms with Crippen molar-refractivity contribution in [1.82, 2.24) is 19.6 Å². The molecule has 12 heteroatoms. The molecule has 11 nitrogen and oxygen atoms in total. The SMILES string of the molecule is CC(C)CN(C[C@@H](O)[C@H](Cc1ccccc1)N(NC(=O)CN1CCCC1)C(=O)CC(C)(C)C)S(=O)(=O)c1ccc2c(c1)OCCO2. The largest absolute Gasteiger partial charge is 0.486 e. The summed E-state index contributed by atoms with van der Waals surface area (Å²) in [6.45, 7) is 11.9. The Balaban J connectivity index is 1.68. The van der Waals surface area contributed by atoms with Crippen LogP contribution < -0.4 is 14.9 Å². The fraction of sp³-hybridized carbons (Fsp3) is 0.588. The van der Waals surface area contributed by atoms with Gasteiger partial charge in [0.1, 0.15) is 13.2 Å². The lowest BCUT2D eigenvalue weighted by atomic mass is 9.91. The molecule has 2 N–H and O–H groups in total. The summed E-state index contributed by atoms with van der Waals surface area (Å²) in [5.41, 5.74) is 3.26. The third-order valence-corrected chi connectivity index (χ3v) is 9.76. The van der Waals surface area contributed by atoms with Crippen LogP contribution in [0, 0.1) is 11.3 Å². The number of hydrogen-bond donors (Lipinski definition) is 2. The van der Waals surface area contributed by atoms with Crippen LogP contribution in [0.25, 0.3) is 0 Å². The zero-order valence-electron chi connectivity index (χ0n) is 27.8. The second-order valence-electron chi connectivity index (χ2n) is 13.9. The molecule has 1 saturated heterocycles. The topological polar surface area (TPSA) is 129 Å². The lowest BCUT2D eigenvalue weighted by Gasteiger charge is -2.38. The Hall–Kier alpha value is -3.19. The summed E-state index contributed by atoms with van der Waals surface area (Å²) >= 11 is 0. The zero-order chi connectivity index (χ0) is 33.5. The van der Waals surface area contributed by atoms with Crippen molar-refractivity contribution in [2.75, 3.05) is 45.9 Å². The molecule has 0 unspecified atom stereocenters. The summed E-state index contributed by atoms with van der Waals surface area (Å²) in [5, 5.41) is 13.2. The van der Waals surface area contributed by atoms with E-state index in [4.69, 9.17) is 9.47 Å². The van der Waals surface area contributed by atoms with E-state index in [1.54, 1.807) is 6.07 Å². The predicted molar refractivity (Wildman–Crippen MR) is 176 cm³/mol. The average molecular weight is 659 g/mol. The number of rotatable bonds is 13. The molecule has 0 radical (unpaired) electrons. The molecule has 2 aromatic rings. The molecule has 46 heavy (non-hydrogen) atoms. The van der Waals surface area contributed by atoms with Gasteiger partial charge in [0.25, 0.3) is 5.91 Å². The molecule has 2 amide bonds. The highest BCUT2D eigenvalue weighted by Gasteiger charge is 2.37. The van der Waals surface area contributed by atoms with Gasteiger partial charge in [-0.25, -0.2) is 13.4 Å². The molecule has 254 valence electrons. The summed E-state index contributed by atoms with van der Waals surface area (Å²) in [6, 6.07) is 12.9. The summed E-state index contributed by atoms with van der Waals surface area (Å²) in [6.07, 6.45) is 0.987. The minimum absolute atomic E-state index is 0.0174. The number of aliphatic hydroxyl groups is 1.